The van der Waals surface area contributed by atoms with E-state index in [1.807, 2.05) is 0 Å². The van der Waals surface area contributed by atoms with E-state index in [1.54, 1.807) is 29.0 Å². The Kier molecular flexibility index (Phi) is 5.79. The molecule has 2 fully saturated rings. The van der Waals surface area contributed by atoms with Crippen LogP contribution in [0.5, 0.6) is 0 Å². The Labute approximate surface area is 156 Å². The fraction of sp³-hybridized carbons (Fsp3) is 0.556. The van der Waals surface area contributed by atoms with E-state index in [9.17, 15) is 14.0 Å². The number of halogens is 2. The third-order valence-electron chi connectivity index (χ3n) is 4.85. The van der Waals surface area contributed by atoms with Crippen molar-refractivity contribution in [3.63, 3.8) is 0 Å². The largest absolute Gasteiger partial charge is 0.480 e. The van der Waals surface area contributed by atoms with Crippen LogP contribution in [0.25, 0.3) is 0 Å². The third kappa shape index (κ3) is 4.34. The summed E-state index contributed by atoms with van der Waals surface area (Å²) in [6.07, 6.45) is 0.367. The first-order valence-electron chi connectivity index (χ1n) is 8.61. The van der Waals surface area contributed by atoms with E-state index in [4.69, 9.17) is 21.4 Å². The van der Waals surface area contributed by atoms with Gasteiger partial charge in [0.05, 0.1) is 19.3 Å². The van der Waals surface area contributed by atoms with E-state index < -0.39 is 5.97 Å². The number of likely N-dealkylation sites (N-methyl/N-ethyl adjacent to an activating group) is 1. The van der Waals surface area contributed by atoms with Crippen LogP contribution in [0, 0.1) is 11.7 Å². The molecule has 6 nitrogen and oxygen atoms in total. The van der Waals surface area contributed by atoms with Gasteiger partial charge in [-0.15, -0.1) is 0 Å². The normalized spacial score (nSPS) is 25.4. The first-order chi connectivity index (χ1) is 12.4. The van der Waals surface area contributed by atoms with Crippen molar-refractivity contribution < 1.29 is 23.8 Å². The van der Waals surface area contributed by atoms with Gasteiger partial charge in [0.1, 0.15) is 5.82 Å². The maximum absolute atomic E-state index is 14.0. The Morgan fingerprint density at radius 2 is 2.23 bits per heavy atom. The summed E-state index contributed by atoms with van der Waals surface area (Å²) in [6, 6.07) is 4.56. The second-order valence-corrected chi connectivity index (χ2v) is 7.36. The number of nitrogens with zero attached hydrogens (tertiary/aromatic N) is 2. The zero-order valence-corrected chi connectivity index (χ0v) is 15.3. The zero-order valence-electron chi connectivity index (χ0n) is 14.5. The molecule has 2 aliphatic rings. The number of hydrogen-bond donors (Lipinski definition) is 1. The number of carbonyl (C=O) groups is 2. The monoisotopic (exact) mass is 384 g/mol. The summed E-state index contributed by atoms with van der Waals surface area (Å²) in [5, 5.41) is 9.19. The smallest absolute Gasteiger partial charge is 0.317 e. The number of carbonyl (C=O) groups excluding carboxylic acids is 1. The zero-order chi connectivity index (χ0) is 18.8. The summed E-state index contributed by atoms with van der Waals surface area (Å²) >= 11 is 6.10. The summed E-state index contributed by atoms with van der Waals surface area (Å²) in [4.78, 5) is 26.9. The van der Waals surface area contributed by atoms with Crippen LogP contribution in [0.2, 0.25) is 5.02 Å². The lowest BCUT2D eigenvalue weighted by Crippen LogP contribution is -2.50. The number of morpholine rings is 1. The van der Waals surface area contributed by atoms with Crippen LogP contribution < -0.4 is 0 Å². The van der Waals surface area contributed by atoms with Gasteiger partial charge in [0.2, 0.25) is 5.91 Å². The molecule has 1 amide bonds. The summed E-state index contributed by atoms with van der Waals surface area (Å²) in [6.45, 7) is 1.67. The predicted octanol–water partition coefficient (Wildman–Crippen LogP) is 1.83. The predicted molar refractivity (Wildman–Crippen MR) is 93.7 cm³/mol. The molecule has 1 saturated carbocycles. The molecule has 1 aromatic rings. The number of rotatable bonds is 6. The number of benzene rings is 1. The Balaban J connectivity index is 1.58. The van der Waals surface area contributed by atoms with Crippen molar-refractivity contribution >= 4 is 23.5 Å². The standard InChI is InChI=1S/C18H22ClFN2O4/c1-21(10-16(23)24)8-11-9-22(5-6-26-11)18(25)13-7-12(13)17-14(19)3-2-4-15(17)20/h2-4,11-13H,5-10H2,1H3,(H,23,24). The Morgan fingerprint density at radius 3 is 2.92 bits per heavy atom. The highest BCUT2D eigenvalue weighted by atomic mass is 35.5. The molecule has 1 aliphatic carbocycles. The molecular formula is C18H22ClFN2O4. The second-order valence-electron chi connectivity index (χ2n) is 6.95. The minimum Gasteiger partial charge on any atom is -0.480 e. The van der Waals surface area contributed by atoms with Crippen molar-refractivity contribution in [2.24, 2.45) is 5.92 Å². The molecular weight excluding hydrogens is 363 g/mol. The van der Waals surface area contributed by atoms with E-state index in [-0.39, 0.29) is 36.2 Å². The number of carboxylic acids is 1. The summed E-state index contributed by atoms with van der Waals surface area (Å²) in [5.74, 6) is -1.71. The van der Waals surface area contributed by atoms with Crippen LogP contribution in [-0.2, 0) is 14.3 Å². The van der Waals surface area contributed by atoms with Crippen molar-refractivity contribution in [1.29, 1.82) is 0 Å². The lowest BCUT2D eigenvalue weighted by molar-refractivity contribution is -0.143. The summed E-state index contributed by atoms with van der Waals surface area (Å²) < 4.78 is 19.7. The van der Waals surface area contributed by atoms with Crippen LogP contribution >= 0.6 is 11.6 Å². The van der Waals surface area contributed by atoms with Crippen LogP contribution in [-0.4, -0.2) is 72.7 Å². The van der Waals surface area contributed by atoms with Crippen molar-refractivity contribution in [2.45, 2.75) is 18.4 Å². The van der Waals surface area contributed by atoms with Crippen LogP contribution in [0.3, 0.4) is 0 Å². The fourth-order valence-corrected chi connectivity index (χ4v) is 3.86. The van der Waals surface area contributed by atoms with Gasteiger partial charge in [-0.25, -0.2) is 4.39 Å². The van der Waals surface area contributed by atoms with Gasteiger partial charge in [0.15, 0.2) is 0 Å². The van der Waals surface area contributed by atoms with Crippen molar-refractivity contribution in [3.05, 3.63) is 34.6 Å². The van der Waals surface area contributed by atoms with Crippen LogP contribution in [0.1, 0.15) is 17.9 Å². The molecule has 142 valence electrons. The topological polar surface area (TPSA) is 70.1 Å². The van der Waals surface area contributed by atoms with E-state index >= 15 is 0 Å². The first kappa shape index (κ1) is 19.1. The van der Waals surface area contributed by atoms with Crippen LogP contribution in [0.4, 0.5) is 4.39 Å². The quantitative estimate of drug-likeness (QED) is 0.810. The maximum atomic E-state index is 14.0. The minimum absolute atomic E-state index is 0.0106. The molecule has 3 rings (SSSR count). The molecule has 1 heterocycles. The molecule has 0 aromatic heterocycles. The number of carboxylic acid groups (broad SMARTS) is 1. The summed E-state index contributed by atoms with van der Waals surface area (Å²) in [5.41, 5.74) is 0.429. The molecule has 1 N–H and O–H groups in total. The van der Waals surface area contributed by atoms with E-state index in [0.717, 1.165) is 0 Å². The van der Waals surface area contributed by atoms with E-state index in [2.05, 4.69) is 0 Å². The third-order valence-corrected chi connectivity index (χ3v) is 5.18. The lowest BCUT2D eigenvalue weighted by atomic mass is 10.1. The average molecular weight is 385 g/mol. The molecule has 0 spiro atoms. The molecule has 1 saturated heterocycles. The Hall–Kier alpha value is -1.70. The van der Waals surface area contributed by atoms with Gasteiger partial charge in [0.25, 0.3) is 0 Å². The number of hydrogen-bond acceptors (Lipinski definition) is 4. The highest BCUT2D eigenvalue weighted by Crippen LogP contribution is 2.51. The van der Waals surface area contributed by atoms with Gasteiger partial charge in [-0.2, -0.15) is 0 Å². The molecule has 26 heavy (non-hydrogen) atoms. The summed E-state index contributed by atoms with van der Waals surface area (Å²) in [7, 11) is 1.70. The average Bonchev–Trinajstić information content (AvgIpc) is 3.33. The van der Waals surface area contributed by atoms with Gasteiger partial charge < -0.3 is 14.7 Å². The Bertz CT molecular complexity index is 682. The molecule has 8 heteroatoms. The van der Waals surface area contributed by atoms with Gasteiger partial charge in [0, 0.05) is 42.1 Å². The van der Waals surface area contributed by atoms with Crippen molar-refractivity contribution in [1.82, 2.24) is 9.80 Å². The highest BCUT2D eigenvalue weighted by molar-refractivity contribution is 6.31. The maximum Gasteiger partial charge on any atom is 0.317 e. The van der Waals surface area contributed by atoms with Gasteiger partial charge in [-0.1, -0.05) is 17.7 Å². The fourth-order valence-electron chi connectivity index (χ4n) is 3.56. The van der Waals surface area contributed by atoms with E-state index in [0.29, 0.717) is 43.2 Å². The highest BCUT2D eigenvalue weighted by Gasteiger charge is 2.48. The molecule has 3 atom stereocenters. The van der Waals surface area contributed by atoms with E-state index in [1.165, 1.54) is 6.07 Å². The lowest BCUT2D eigenvalue weighted by Gasteiger charge is -2.34. The van der Waals surface area contributed by atoms with Gasteiger partial charge in [-0.05, 0) is 25.6 Å². The number of amides is 1. The van der Waals surface area contributed by atoms with Crippen molar-refractivity contribution in [3.8, 4) is 0 Å². The molecule has 3 unspecified atom stereocenters. The number of ether oxygens (including phenoxy) is 1. The number of aliphatic carboxylic acids is 1. The van der Waals surface area contributed by atoms with Gasteiger partial charge >= 0.3 is 5.97 Å². The molecule has 0 radical (unpaired) electrons. The molecule has 0 bridgehead atoms. The second kappa shape index (κ2) is 7.90. The molecule has 1 aliphatic heterocycles. The Morgan fingerprint density at radius 1 is 1.46 bits per heavy atom. The first-order valence-corrected chi connectivity index (χ1v) is 8.99. The van der Waals surface area contributed by atoms with Crippen molar-refractivity contribution in [2.75, 3.05) is 39.8 Å². The molecule has 1 aromatic carbocycles. The van der Waals surface area contributed by atoms with Gasteiger partial charge in [-0.3, -0.25) is 14.5 Å². The van der Waals surface area contributed by atoms with Crippen LogP contribution in [0.15, 0.2) is 18.2 Å². The SMILES string of the molecule is CN(CC(=O)O)CC1CN(C(=O)C2CC2c2c(F)cccc2Cl)CCO1. The minimum atomic E-state index is -0.904.